The van der Waals surface area contributed by atoms with Crippen molar-refractivity contribution < 1.29 is 9.53 Å². The van der Waals surface area contributed by atoms with Crippen LogP contribution in [0, 0.1) is 11.3 Å². The normalized spacial score (nSPS) is 14.9. The van der Waals surface area contributed by atoms with Crippen LogP contribution in [0.15, 0.2) is 48.0 Å². The van der Waals surface area contributed by atoms with Gasteiger partial charge in [-0.25, -0.2) is 0 Å². The Bertz CT molecular complexity index is 1120. The van der Waals surface area contributed by atoms with Crippen molar-refractivity contribution in [1.82, 2.24) is 0 Å². The van der Waals surface area contributed by atoms with Crippen LogP contribution in [0.5, 0.6) is 5.75 Å². The van der Waals surface area contributed by atoms with Crippen LogP contribution >= 0.6 is 0 Å². The average molecular weight is 416 g/mol. The standard InChI is InChI=1S/C26H29N3O2/c1-7-18-10-8-9-11-22(18)28-25(30)20(16-27)12-19-13-21-17(2)15-26(3,4)29(5)23(21)14-24(19)31-6/h8-15H,7H2,1-6H3,(H,28,30)/b20-12+. The number of carbonyl (C=O) groups is 1. The first-order chi connectivity index (χ1) is 14.7. The lowest BCUT2D eigenvalue weighted by molar-refractivity contribution is -0.112. The molecule has 0 fully saturated rings. The highest BCUT2D eigenvalue weighted by atomic mass is 16.5. The van der Waals surface area contributed by atoms with Gasteiger partial charge in [0.2, 0.25) is 0 Å². The van der Waals surface area contributed by atoms with Crippen molar-refractivity contribution in [3.63, 3.8) is 0 Å². The summed E-state index contributed by atoms with van der Waals surface area (Å²) in [6.07, 6.45) is 4.60. The van der Waals surface area contributed by atoms with E-state index in [1.807, 2.05) is 49.4 Å². The van der Waals surface area contributed by atoms with Gasteiger partial charge < -0.3 is 15.0 Å². The number of nitrogens with one attached hydrogen (secondary N) is 1. The molecule has 160 valence electrons. The smallest absolute Gasteiger partial charge is 0.266 e. The highest BCUT2D eigenvalue weighted by Gasteiger charge is 2.29. The second kappa shape index (κ2) is 8.69. The quantitative estimate of drug-likeness (QED) is 0.522. The summed E-state index contributed by atoms with van der Waals surface area (Å²) in [7, 11) is 3.65. The third-order valence-electron chi connectivity index (χ3n) is 5.88. The summed E-state index contributed by atoms with van der Waals surface area (Å²) in [5.74, 6) is 0.180. The molecule has 0 spiro atoms. The molecule has 2 aromatic rings. The molecule has 1 amide bonds. The lowest BCUT2D eigenvalue weighted by Gasteiger charge is -2.41. The van der Waals surface area contributed by atoms with Crippen molar-refractivity contribution >= 4 is 28.9 Å². The molecule has 1 aliphatic heterocycles. The first-order valence-electron chi connectivity index (χ1n) is 10.4. The van der Waals surface area contributed by atoms with Crippen LogP contribution < -0.4 is 15.0 Å². The van der Waals surface area contributed by atoms with Crippen molar-refractivity contribution in [2.75, 3.05) is 24.4 Å². The predicted octanol–water partition coefficient (Wildman–Crippen LogP) is 5.43. The average Bonchev–Trinajstić information content (AvgIpc) is 2.75. The van der Waals surface area contributed by atoms with E-state index in [1.54, 1.807) is 13.2 Å². The van der Waals surface area contributed by atoms with Gasteiger partial charge in [0.1, 0.15) is 17.4 Å². The number of hydrogen-bond donors (Lipinski definition) is 1. The SMILES string of the molecule is CCc1ccccc1NC(=O)/C(C#N)=C/c1cc2c(cc1OC)N(C)C(C)(C)C=C2C. The number of hydrogen-bond acceptors (Lipinski definition) is 4. The molecular weight excluding hydrogens is 386 g/mol. The Morgan fingerprint density at radius 2 is 2.00 bits per heavy atom. The molecule has 0 bridgehead atoms. The summed E-state index contributed by atoms with van der Waals surface area (Å²) in [6, 6.07) is 13.6. The number of rotatable bonds is 5. The topological polar surface area (TPSA) is 65.4 Å². The molecule has 5 nitrogen and oxygen atoms in total. The number of anilines is 2. The second-order valence-corrected chi connectivity index (χ2v) is 8.29. The number of nitrogens with zero attached hydrogens (tertiary/aromatic N) is 2. The molecule has 0 aromatic heterocycles. The first-order valence-corrected chi connectivity index (χ1v) is 10.4. The van der Waals surface area contributed by atoms with Crippen molar-refractivity contribution in [2.45, 2.75) is 39.7 Å². The van der Waals surface area contributed by atoms with E-state index in [-0.39, 0.29) is 11.1 Å². The van der Waals surface area contributed by atoms with Crippen molar-refractivity contribution in [1.29, 1.82) is 5.26 Å². The molecule has 31 heavy (non-hydrogen) atoms. The maximum atomic E-state index is 12.8. The Hall–Kier alpha value is -3.52. The summed E-state index contributed by atoms with van der Waals surface area (Å²) in [5, 5.41) is 12.6. The number of aryl methyl sites for hydroxylation is 1. The van der Waals surface area contributed by atoms with E-state index < -0.39 is 5.91 Å². The Labute approximate surface area is 184 Å². The Kier molecular flexibility index (Phi) is 6.21. The summed E-state index contributed by atoms with van der Waals surface area (Å²) >= 11 is 0. The third-order valence-corrected chi connectivity index (χ3v) is 5.88. The Morgan fingerprint density at radius 1 is 1.29 bits per heavy atom. The fourth-order valence-electron chi connectivity index (χ4n) is 3.93. The van der Waals surface area contributed by atoms with Crippen molar-refractivity contribution in [3.8, 4) is 11.8 Å². The van der Waals surface area contributed by atoms with Crippen molar-refractivity contribution in [3.05, 3.63) is 64.7 Å². The van der Waals surface area contributed by atoms with E-state index >= 15 is 0 Å². The van der Waals surface area contributed by atoms with Crippen LogP contribution in [0.2, 0.25) is 0 Å². The summed E-state index contributed by atoms with van der Waals surface area (Å²) in [6.45, 7) is 8.42. The van der Waals surface area contributed by atoms with Gasteiger partial charge in [0.15, 0.2) is 0 Å². The molecule has 3 rings (SSSR count). The molecular formula is C26H29N3O2. The fourth-order valence-corrected chi connectivity index (χ4v) is 3.93. The largest absolute Gasteiger partial charge is 0.496 e. The Morgan fingerprint density at radius 3 is 2.65 bits per heavy atom. The minimum Gasteiger partial charge on any atom is -0.496 e. The predicted molar refractivity (Wildman–Crippen MR) is 127 cm³/mol. The highest BCUT2D eigenvalue weighted by molar-refractivity contribution is 6.10. The maximum absolute atomic E-state index is 12.8. The zero-order chi connectivity index (χ0) is 22.8. The summed E-state index contributed by atoms with van der Waals surface area (Å²) < 4.78 is 5.61. The number of para-hydroxylation sites is 1. The molecule has 0 saturated heterocycles. The number of methoxy groups -OCH3 is 1. The lowest BCUT2D eigenvalue weighted by Crippen LogP contribution is -2.42. The molecule has 0 radical (unpaired) electrons. The molecule has 2 aromatic carbocycles. The van der Waals surface area contributed by atoms with E-state index in [2.05, 4.69) is 44.1 Å². The van der Waals surface area contributed by atoms with E-state index in [0.717, 1.165) is 34.5 Å². The van der Waals surface area contributed by atoms with Crippen LogP contribution in [0.1, 0.15) is 44.4 Å². The molecule has 5 heteroatoms. The van der Waals surface area contributed by atoms with Gasteiger partial charge in [0.25, 0.3) is 5.91 Å². The fraction of sp³-hybridized carbons (Fsp3) is 0.308. The van der Waals surface area contributed by atoms with Gasteiger partial charge in [0, 0.05) is 35.6 Å². The van der Waals surface area contributed by atoms with Crippen LogP contribution in [0.25, 0.3) is 11.6 Å². The molecule has 0 aliphatic carbocycles. The highest BCUT2D eigenvalue weighted by Crippen LogP contribution is 2.41. The van der Waals surface area contributed by atoms with Gasteiger partial charge in [-0.3, -0.25) is 4.79 Å². The minimum absolute atomic E-state index is 0.0234. The molecule has 0 atom stereocenters. The molecule has 1 N–H and O–H groups in total. The van der Waals surface area contributed by atoms with E-state index in [9.17, 15) is 10.1 Å². The number of nitriles is 1. The number of carbonyl (C=O) groups excluding carboxylic acids is 1. The zero-order valence-electron chi connectivity index (χ0n) is 19.0. The van der Waals surface area contributed by atoms with Gasteiger partial charge >= 0.3 is 0 Å². The van der Waals surface area contributed by atoms with Gasteiger partial charge in [-0.1, -0.05) is 31.2 Å². The lowest BCUT2D eigenvalue weighted by atomic mass is 9.88. The maximum Gasteiger partial charge on any atom is 0.266 e. The van der Waals surface area contributed by atoms with Gasteiger partial charge in [-0.2, -0.15) is 5.26 Å². The van der Waals surface area contributed by atoms with Gasteiger partial charge in [-0.15, -0.1) is 0 Å². The molecule has 1 aliphatic rings. The number of benzene rings is 2. The number of likely N-dealkylation sites (N-methyl/N-ethyl adjacent to an activating group) is 1. The third kappa shape index (κ3) is 4.34. The van der Waals surface area contributed by atoms with Crippen LogP contribution in [0.4, 0.5) is 11.4 Å². The van der Waals surface area contributed by atoms with E-state index in [4.69, 9.17) is 4.74 Å². The Balaban J connectivity index is 2.02. The van der Waals surface area contributed by atoms with Crippen molar-refractivity contribution in [2.24, 2.45) is 0 Å². The number of fused-ring (bicyclic) bond motifs is 1. The molecule has 1 heterocycles. The summed E-state index contributed by atoms with van der Waals surface area (Å²) in [4.78, 5) is 15.0. The summed E-state index contributed by atoms with van der Waals surface area (Å²) in [5.41, 5.74) is 5.59. The minimum atomic E-state index is -0.436. The number of allylic oxidation sites excluding steroid dienone is 1. The molecule has 0 saturated carbocycles. The number of amides is 1. The number of ether oxygens (including phenoxy) is 1. The monoisotopic (exact) mass is 415 g/mol. The van der Waals surface area contributed by atoms with Gasteiger partial charge in [-0.05, 0) is 56.5 Å². The van der Waals surface area contributed by atoms with Gasteiger partial charge in [0.05, 0.1) is 12.6 Å². The van der Waals surface area contributed by atoms with E-state index in [1.165, 1.54) is 0 Å². The molecule has 0 unspecified atom stereocenters. The second-order valence-electron chi connectivity index (χ2n) is 8.29. The van der Waals surface area contributed by atoms with Crippen LogP contribution in [0.3, 0.4) is 0 Å². The van der Waals surface area contributed by atoms with Crippen LogP contribution in [-0.4, -0.2) is 25.6 Å². The van der Waals surface area contributed by atoms with Crippen LogP contribution in [-0.2, 0) is 11.2 Å². The first kappa shape index (κ1) is 22.2. The zero-order valence-corrected chi connectivity index (χ0v) is 19.0. The van der Waals surface area contributed by atoms with E-state index in [0.29, 0.717) is 11.3 Å².